The van der Waals surface area contributed by atoms with Gasteiger partial charge in [-0.15, -0.1) is 0 Å². The molecule has 0 unspecified atom stereocenters. The first kappa shape index (κ1) is 16.1. The normalized spacial score (nSPS) is 12.6. The summed E-state index contributed by atoms with van der Waals surface area (Å²) in [6.45, 7) is 4.08. The molecule has 0 bridgehead atoms. The summed E-state index contributed by atoms with van der Waals surface area (Å²) < 4.78 is 43.8. The lowest BCUT2D eigenvalue weighted by Crippen LogP contribution is -2.38. The molecule has 0 aliphatic carbocycles. The molecule has 0 radical (unpaired) electrons. The fraction of sp³-hybridized carbons (Fsp3) is 0.538. The second kappa shape index (κ2) is 6.45. The zero-order valence-corrected chi connectivity index (χ0v) is 12.3. The SMILES string of the molecule is COCCS(=O)(=O)NCC(C)(C)c1cccc(F)c1. The number of ether oxygens (including phenoxy) is 1. The second-order valence-corrected chi connectivity index (χ2v) is 6.95. The van der Waals surface area contributed by atoms with Gasteiger partial charge in [0, 0.05) is 19.1 Å². The van der Waals surface area contributed by atoms with Crippen LogP contribution in [0.2, 0.25) is 0 Å². The van der Waals surface area contributed by atoms with E-state index in [9.17, 15) is 12.8 Å². The van der Waals surface area contributed by atoms with Crippen molar-refractivity contribution in [2.75, 3.05) is 26.0 Å². The molecule has 1 aromatic rings. The van der Waals surface area contributed by atoms with E-state index in [1.165, 1.54) is 19.2 Å². The number of hydrogen-bond donors (Lipinski definition) is 1. The zero-order valence-electron chi connectivity index (χ0n) is 11.4. The van der Waals surface area contributed by atoms with Crippen LogP contribution < -0.4 is 4.72 Å². The number of hydrogen-bond acceptors (Lipinski definition) is 3. The van der Waals surface area contributed by atoms with Gasteiger partial charge in [-0.25, -0.2) is 17.5 Å². The summed E-state index contributed by atoms with van der Waals surface area (Å²) in [4.78, 5) is 0. The van der Waals surface area contributed by atoms with Crippen molar-refractivity contribution in [3.8, 4) is 0 Å². The third-order valence-electron chi connectivity index (χ3n) is 2.90. The van der Waals surface area contributed by atoms with Gasteiger partial charge in [-0.05, 0) is 17.7 Å². The molecule has 0 fully saturated rings. The number of halogens is 1. The van der Waals surface area contributed by atoms with Gasteiger partial charge in [-0.3, -0.25) is 0 Å². The van der Waals surface area contributed by atoms with Crippen LogP contribution >= 0.6 is 0 Å². The molecule has 0 aromatic heterocycles. The Morgan fingerprint density at radius 1 is 1.37 bits per heavy atom. The van der Waals surface area contributed by atoms with Crippen LogP contribution in [-0.4, -0.2) is 34.4 Å². The third-order valence-corrected chi connectivity index (χ3v) is 4.18. The average molecular weight is 289 g/mol. The quantitative estimate of drug-likeness (QED) is 0.830. The van der Waals surface area contributed by atoms with Crippen molar-refractivity contribution >= 4 is 10.0 Å². The number of rotatable bonds is 7. The summed E-state index contributed by atoms with van der Waals surface area (Å²) in [5, 5.41) is 0. The monoisotopic (exact) mass is 289 g/mol. The smallest absolute Gasteiger partial charge is 0.213 e. The third kappa shape index (κ3) is 5.26. The Bertz CT molecular complexity index is 514. The van der Waals surface area contributed by atoms with Gasteiger partial charge < -0.3 is 4.74 Å². The van der Waals surface area contributed by atoms with E-state index in [1.807, 2.05) is 13.8 Å². The predicted octanol–water partition coefficient (Wildman–Crippen LogP) is 1.67. The molecule has 0 aliphatic rings. The highest BCUT2D eigenvalue weighted by atomic mass is 32.2. The summed E-state index contributed by atoms with van der Waals surface area (Å²) in [5.41, 5.74) is 0.268. The van der Waals surface area contributed by atoms with Gasteiger partial charge in [0.2, 0.25) is 10.0 Å². The van der Waals surface area contributed by atoms with Gasteiger partial charge >= 0.3 is 0 Å². The molecule has 0 saturated carbocycles. The first-order valence-corrected chi connectivity index (χ1v) is 7.64. The number of methoxy groups -OCH3 is 1. The Morgan fingerprint density at radius 3 is 2.63 bits per heavy atom. The largest absolute Gasteiger partial charge is 0.384 e. The molecule has 6 heteroatoms. The van der Waals surface area contributed by atoms with Crippen molar-refractivity contribution in [1.82, 2.24) is 4.72 Å². The molecule has 108 valence electrons. The first-order chi connectivity index (χ1) is 8.77. The summed E-state index contributed by atoms with van der Waals surface area (Å²) in [6.07, 6.45) is 0. The van der Waals surface area contributed by atoms with Crippen LogP contribution in [-0.2, 0) is 20.2 Å². The van der Waals surface area contributed by atoms with E-state index in [1.54, 1.807) is 12.1 Å². The van der Waals surface area contributed by atoms with E-state index in [0.717, 1.165) is 5.56 Å². The average Bonchev–Trinajstić information content (AvgIpc) is 2.34. The van der Waals surface area contributed by atoms with E-state index >= 15 is 0 Å². The molecule has 1 aromatic carbocycles. The fourth-order valence-electron chi connectivity index (χ4n) is 1.57. The molecule has 0 heterocycles. The highest BCUT2D eigenvalue weighted by Crippen LogP contribution is 2.23. The first-order valence-electron chi connectivity index (χ1n) is 5.99. The maximum absolute atomic E-state index is 13.2. The second-order valence-electron chi connectivity index (χ2n) is 5.03. The van der Waals surface area contributed by atoms with Crippen molar-refractivity contribution in [2.45, 2.75) is 19.3 Å². The van der Waals surface area contributed by atoms with Crippen molar-refractivity contribution in [3.63, 3.8) is 0 Å². The van der Waals surface area contributed by atoms with Gasteiger partial charge in [-0.1, -0.05) is 26.0 Å². The van der Waals surface area contributed by atoms with Crippen LogP contribution in [0, 0.1) is 5.82 Å². The van der Waals surface area contributed by atoms with Crippen LogP contribution in [0.15, 0.2) is 24.3 Å². The maximum atomic E-state index is 13.2. The van der Waals surface area contributed by atoms with E-state index in [2.05, 4.69) is 4.72 Å². The predicted molar refractivity (Wildman–Crippen MR) is 73.1 cm³/mol. The highest BCUT2D eigenvalue weighted by Gasteiger charge is 2.23. The lowest BCUT2D eigenvalue weighted by molar-refractivity contribution is 0.217. The van der Waals surface area contributed by atoms with Crippen LogP contribution in [0.25, 0.3) is 0 Å². The zero-order chi connectivity index (χ0) is 14.5. The Hall–Kier alpha value is -0.980. The molecular formula is C13H20FNO3S. The Kier molecular flexibility index (Phi) is 5.46. The summed E-state index contributed by atoms with van der Waals surface area (Å²) >= 11 is 0. The topological polar surface area (TPSA) is 55.4 Å². The Balaban J connectivity index is 2.70. The minimum atomic E-state index is -3.36. The van der Waals surface area contributed by atoms with Gasteiger partial charge in [0.25, 0.3) is 0 Å². The molecule has 4 nitrogen and oxygen atoms in total. The van der Waals surface area contributed by atoms with Gasteiger partial charge in [0.15, 0.2) is 0 Å². The molecule has 0 atom stereocenters. The highest BCUT2D eigenvalue weighted by molar-refractivity contribution is 7.89. The Morgan fingerprint density at radius 2 is 2.05 bits per heavy atom. The van der Waals surface area contributed by atoms with Gasteiger partial charge in [0.1, 0.15) is 5.82 Å². The molecule has 0 saturated heterocycles. The maximum Gasteiger partial charge on any atom is 0.213 e. The van der Waals surface area contributed by atoms with Gasteiger partial charge in [-0.2, -0.15) is 0 Å². The summed E-state index contributed by atoms with van der Waals surface area (Å²) in [6, 6.07) is 6.18. The number of nitrogens with one attached hydrogen (secondary N) is 1. The van der Waals surface area contributed by atoms with Crippen LogP contribution in [0.3, 0.4) is 0 Å². The van der Waals surface area contributed by atoms with Crippen LogP contribution in [0.4, 0.5) is 4.39 Å². The molecule has 19 heavy (non-hydrogen) atoms. The van der Waals surface area contributed by atoms with Crippen LogP contribution in [0.5, 0.6) is 0 Å². The lowest BCUT2D eigenvalue weighted by Gasteiger charge is -2.25. The molecule has 0 amide bonds. The Labute approximate surface area is 114 Å². The van der Waals surface area contributed by atoms with E-state index in [4.69, 9.17) is 4.74 Å². The molecule has 1 N–H and O–H groups in total. The molecular weight excluding hydrogens is 269 g/mol. The summed E-state index contributed by atoms with van der Waals surface area (Å²) in [7, 11) is -1.91. The fourth-order valence-corrected chi connectivity index (χ4v) is 2.68. The van der Waals surface area contributed by atoms with E-state index < -0.39 is 15.4 Å². The summed E-state index contributed by atoms with van der Waals surface area (Å²) in [5.74, 6) is -0.407. The minimum Gasteiger partial charge on any atom is -0.384 e. The van der Waals surface area contributed by atoms with E-state index in [-0.39, 0.29) is 24.7 Å². The van der Waals surface area contributed by atoms with Crippen molar-refractivity contribution in [3.05, 3.63) is 35.6 Å². The van der Waals surface area contributed by atoms with Gasteiger partial charge in [0.05, 0.1) is 12.4 Å². The molecule has 0 aliphatic heterocycles. The van der Waals surface area contributed by atoms with Crippen LogP contribution in [0.1, 0.15) is 19.4 Å². The van der Waals surface area contributed by atoms with E-state index in [0.29, 0.717) is 0 Å². The minimum absolute atomic E-state index is 0.0806. The molecule has 0 spiro atoms. The number of benzene rings is 1. The lowest BCUT2D eigenvalue weighted by atomic mass is 9.85. The number of sulfonamides is 1. The van der Waals surface area contributed by atoms with Crippen molar-refractivity contribution in [2.24, 2.45) is 0 Å². The van der Waals surface area contributed by atoms with Crippen molar-refractivity contribution < 1.29 is 17.5 Å². The standard InChI is InChI=1S/C13H20FNO3S/c1-13(2,11-5-4-6-12(14)9-11)10-15-19(16,17)8-7-18-3/h4-6,9,15H,7-8,10H2,1-3H3. The molecule has 1 rings (SSSR count). The van der Waals surface area contributed by atoms with Crippen molar-refractivity contribution in [1.29, 1.82) is 0 Å².